The Bertz CT molecular complexity index is 1170. The van der Waals surface area contributed by atoms with Crippen LogP contribution in [0.25, 0.3) is 27.9 Å². The lowest BCUT2D eigenvalue weighted by Crippen LogP contribution is -2.20. The molecule has 0 aliphatic rings. The van der Waals surface area contributed by atoms with Crippen LogP contribution < -0.4 is 10.9 Å². The highest BCUT2D eigenvalue weighted by Gasteiger charge is 2.06. The topological polar surface area (TPSA) is 77.8 Å². The second-order valence-electron chi connectivity index (χ2n) is 6.06. The molecule has 0 aliphatic heterocycles. The summed E-state index contributed by atoms with van der Waals surface area (Å²) in [5.41, 5.74) is 3.13. The first kappa shape index (κ1) is 15.9. The van der Waals surface area contributed by atoms with Gasteiger partial charge in [0, 0.05) is 35.1 Å². The molecule has 0 radical (unpaired) electrons. The zero-order valence-corrected chi connectivity index (χ0v) is 14.0. The quantitative estimate of drug-likeness (QED) is 0.497. The molecular weight excluding hydrogens is 326 g/mol. The van der Waals surface area contributed by atoms with Crippen LogP contribution in [-0.4, -0.2) is 15.9 Å². The van der Waals surface area contributed by atoms with Crippen molar-refractivity contribution >= 4 is 33.8 Å². The van der Waals surface area contributed by atoms with E-state index >= 15 is 0 Å². The van der Waals surface area contributed by atoms with Crippen LogP contribution in [0.3, 0.4) is 0 Å². The fraction of sp³-hybridized carbons (Fsp3) is 0.0476. The molecule has 4 rings (SSSR count). The van der Waals surface area contributed by atoms with Crippen LogP contribution in [0.15, 0.2) is 71.7 Å². The maximum absolute atomic E-state index is 12.0. The van der Waals surface area contributed by atoms with Crippen LogP contribution in [0, 0.1) is 0 Å². The van der Waals surface area contributed by atoms with Gasteiger partial charge in [0.2, 0.25) is 5.91 Å². The highest BCUT2D eigenvalue weighted by atomic mass is 16.1. The Hall–Kier alpha value is -3.60. The van der Waals surface area contributed by atoms with E-state index in [1.807, 2.05) is 54.6 Å². The minimum Gasteiger partial charge on any atom is -0.357 e. The van der Waals surface area contributed by atoms with E-state index in [1.165, 1.54) is 6.08 Å². The maximum Gasteiger partial charge on any atom is 0.272 e. The van der Waals surface area contributed by atoms with Crippen LogP contribution in [-0.2, 0) is 11.3 Å². The number of benzene rings is 2. The van der Waals surface area contributed by atoms with Crippen molar-refractivity contribution in [2.75, 3.05) is 0 Å². The normalized spacial score (nSPS) is 11.4. The first-order valence-corrected chi connectivity index (χ1v) is 8.34. The Morgan fingerprint density at radius 3 is 2.73 bits per heavy atom. The zero-order chi connectivity index (χ0) is 17.9. The van der Waals surface area contributed by atoms with Crippen LogP contribution in [0.2, 0.25) is 0 Å². The van der Waals surface area contributed by atoms with Crippen molar-refractivity contribution in [2.45, 2.75) is 6.54 Å². The molecule has 4 aromatic rings. The third-order valence-electron chi connectivity index (χ3n) is 4.29. The van der Waals surface area contributed by atoms with E-state index in [-0.39, 0.29) is 11.5 Å². The lowest BCUT2D eigenvalue weighted by Gasteiger charge is -2.03. The summed E-state index contributed by atoms with van der Waals surface area (Å²) in [6.07, 6.45) is 5.03. The number of hydrogen-bond donors (Lipinski definition) is 3. The van der Waals surface area contributed by atoms with Crippen LogP contribution >= 0.6 is 0 Å². The molecule has 5 heteroatoms. The van der Waals surface area contributed by atoms with Gasteiger partial charge < -0.3 is 15.3 Å². The van der Waals surface area contributed by atoms with E-state index in [1.54, 1.807) is 12.3 Å². The fourth-order valence-electron chi connectivity index (χ4n) is 2.98. The molecule has 0 fully saturated rings. The van der Waals surface area contributed by atoms with Gasteiger partial charge in [-0.05, 0) is 35.4 Å². The Morgan fingerprint density at radius 2 is 1.88 bits per heavy atom. The molecule has 1 amide bonds. The summed E-state index contributed by atoms with van der Waals surface area (Å²) in [7, 11) is 0. The molecule has 2 aromatic carbocycles. The number of amides is 1. The number of aromatic nitrogens is 2. The summed E-state index contributed by atoms with van der Waals surface area (Å²) in [4.78, 5) is 29.8. The molecule has 0 bridgehead atoms. The van der Waals surface area contributed by atoms with Crippen molar-refractivity contribution in [2.24, 2.45) is 0 Å². The SMILES string of the molecule is O=C(C=Cc1ccc2[nH]c(=O)c3[nH]ccc3c2c1)NCc1ccccc1. The molecule has 26 heavy (non-hydrogen) atoms. The maximum atomic E-state index is 12.0. The third kappa shape index (κ3) is 3.15. The van der Waals surface area contributed by atoms with E-state index in [2.05, 4.69) is 15.3 Å². The minimum atomic E-state index is -0.151. The van der Waals surface area contributed by atoms with Gasteiger partial charge in [0.05, 0.1) is 0 Å². The number of hydrogen-bond acceptors (Lipinski definition) is 2. The molecule has 2 aromatic heterocycles. The summed E-state index contributed by atoms with van der Waals surface area (Å²) in [5, 5.41) is 4.67. The molecule has 0 atom stereocenters. The number of rotatable bonds is 4. The molecule has 2 heterocycles. The molecule has 0 spiro atoms. The molecule has 0 saturated heterocycles. The lowest BCUT2D eigenvalue weighted by molar-refractivity contribution is -0.116. The molecule has 5 nitrogen and oxygen atoms in total. The zero-order valence-electron chi connectivity index (χ0n) is 14.0. The highest BCUT2D eigenvalue weighted by molar-refractivity contribution is 6.05. The number of fused-ring (bicyclic) bond motifs is 3. The van der Waals surface area contributed by atoms with Crippen molar-refractivity contribution in [1.29, 1.82) is 0 Å². The van der Waals surface area contributed by atoms with Crippen molar-refractivity contribution in [3.05, 3.63) is 88.4 Å². The number of carbonyl (C=O) groups excluding carboxylic acids is 1. The van der Waals surface area contributed by atoms with Crippen molar-refractivity contribution in [3.63, 3.8) is 0 Å². The van der Waals surface area contributed by atoms with Crippen LogP contribution in [0.5, 0.6) is 0 Å². The Kier molecular flexibility index (Phi) is 4.11. The Morgan fingerprint density at radius 1 is 1.04 bits per heavy atom. The number of carbonyl (C=O) groups is 1. The first-order chi connectivity index (χ1) is 12.7. The van der Waals surface area contributed by atoms with E-state index in [0.717, 1.165) is 27.4 Å². The van der Waals surface area contributed by atoms with Crippen LogP contribution in [0.1, 0.15) is 11.1 Å². The average molecular weight is 343 g/mol. The smallest absolute Gasteiger partial charge is 0.272 e. The molecule has 0 aliphatic carbocycles. The number of H-pyrrole nitrogens is 2. The number of pyridine rings is 1. The van der Waals surface area contributed by atoms with Gasteiger partial charge in [-0.2, -0.15) is 0 Å². The Labute approximate surface area is 149 Å². The summed E-state index contributed by atoms with van der Waals surface area (Å²) >= 11 is 0. The predicted octanol–water partition coefficient (Wildman–Crippen LogP) is 3.34. The van der Waals surface area contributed by atoms with Gasteiger partial charge in [-0.3, -0.25) is 9.59 Å². The average Bonchev–Trinajstić information content (AvgIpc) is 3.17. The molecule has 128 valence electrons. The van der Waals surface area contributed by atoms with Gasteiger partial charge in [-0.1, -0.05) is 36.4 Å². The standard InChI is InChI=1S/C21H17N3O2/c25-19(23-13-15-4-2-1-3-5-15)9-7-14-6-8-18-17(12-14)16-10-11-22-20(16)21(26)24-18/h1-12,22H,13H2,(H,23,25)(H,24,26). The van der Waals surface area contributed by atoms with E-state index in [0.29, 0.717) is 12.1 Å². The first-order valence-electron chi connectivity index (χ1n) is 8.34. The Balaban J connectivity index is 1.55. The van der Waals surface area contributed by atoms with Gasteiger partial charge in [0.25, 0.3) is 5.56 Å². The van der Waals surface area contributed by atoms with Crippen LogP contribution in [0.4, 0.5) is 0 Å². The van der Waals surface area contributed by atoms with Crippen molar-refractivity contribution in [1.82, 2.24) is 15.3 Å². The van der Waals surface area contributed by atoms with E-state index in [9.17, 15) is 9.59 Å². The van der Waals surface area contributed by atoms with Gasteiger partial charge >= 0.3 is 0 Å². The number of nitrogens with one attached hydrogen (secondary N) is 3. The molecule has 0 saturated carbocycles. The van der Waals surface area contributed by atoms with E-state index in [4.69, 9.17) is 0 Å². The molecule has 0 unspecified atom stereocenters. The summed E-state index contributed by atoms with van der Waals surface area (Å²) in [6, 6.07) is 17.3. The van der Waals surface area contributed by atoms with E-state index < -0.39 is 0 Å². The fourth-order valence-corrected chi connectivity index (χ4v) is 2.98. The summed E-state index contributed by atoms with van der Waals surface area (Å²) < 4.78 is 0. The largest absolute Gasteiger partial charge is 0.357 e. The second kappa shape index (κ2) is 6.72. The summed E-state index contributed by atoms with van der Waals surface area (Å²) in [6.45, 7) is 0.493. The van der Waals surface area contributed by atoms with Crippen molar-refractivity contribution in [3.8, 4) is 0 Å². The minimum absolute atomic E-state index is 0.138. The molecular formula is C21H17N3O2. The number of aromatic amines is 2. The lowest BCUT2D eigenvalue weighted by atomic mass is 10.1. The third-order valence-corrected chi connectivity index (χ3v) is 4.29. The second-order valence-corrected chi connectivity index (χ2v) is 6.06. The monoisotopic (exact) mass is 343 g/mol. The predicted molar refractivity (Wildman–Crippen MR) is 104 cm³/mol. The van der Waals surface area contributed by atoms with Gasteiger partial charge in [0.1, 0.15) is 5.52 Å². The van der Waals surface area contributed by atoms with Gasteiger partial charge in [0.15, 0.2) is 0 Å². The summed E-state index contributed by atoms with van der Waals surface area (Å²) in [5.74, 6) is -0.151. The molecule has 3 N–H and O–H groups in total. The highest BCUT2D eigenvalue weighted by Crippen LogP contribution is 2.22. The van der Waals surface area contributed by atoms with Crippen molar-refractivity contribution < 1.29 is 4.79 Å². The van der Waals surface area contributed by atoms with Gasteiger partial charge in [-0.25, -0.2) is 0 Å². The van der Waals surface area contributed by atoms with Gasteiger partial charge in [-0.15, -0.1) is 0 Å².